The Balaban J connectivity index is 2.58. The molecule has 1 heterocycles. The minimum absolute atomic E-state index is 0.239. The average Bonchev–Trinajstić information content (AvgIpc) is 2.51. The predicted molar refractivity (Wildman–Crippen MR) is 52.6 cm³/mol. The van der Waals surface area contributed by atoms with Crippen molar-refractivity contribution < 1.29 is 9.53 Å². The van der Waals surface area contributed by atoms with Crippen LogP contribution >= 0.6 is 11.3 Å². The van der Waals surface area contributed by atoms with Crippen molar-refractivity contribution in [1.82, 2.24) is 0 Å². The van der Waals surface area contributed by atoms with E-state index in [9.17, 15) is 4.79 Å². The van der Waals surface area contributed by atoms with Crippen molar-refractivity contribution in [3.05, 3.63) is 21.9 Å². The predicted octanol–water partition coefficient (Wildman–Crippen LogP) is 1.62. The highest BCUT2D eigenvalue weighted by atomic mass is 32.1. The Labute approximate surface area is 81.5 Å². The highest BCUT2D eigenvalue weighted by molar-refractivity contribution is 7.10. The van der Waals surface area contributed by atoms with E-state index in [2.05, 4.69) is 4.74 Å². The molecule has 2 N–H and O–H groups in total. The van der Waals surface area contributed by atoms with Crippen molar-refractivity contribution in [2.75, 3.05) is 7.11 Å². The summed E-state index contributed by atoms with van der Waals surface area (Å²) in [5.74, 6) is -0.267. The molecule has 0 amide bonds. The zero-order chi connectivity index (χ0) is 9.84. The molecule has 1 rings (SSSR count). The van der Waals surface area contributed by atoms with Crippen LogP contribution < -0.4 is 5.73 Å². The second kappa shape index (κ2) is 4.39. The van der Waals surface area contributed by atoms with Gasteiger partial charge in [0.2, 0.25) is 0 Å². The number of hydrogen-bond donors (Lipinski definition) is 1. The zero-order valence-electron chi connectivity index (χ0n) is 7.74. The second-order valence-electron chi connectivity index (χ2n) is 2.88. The van der Waals surface area contributed by atoms with Gasteiger partial charge in [-0.1, -0.05) is 0 Å². The first-order valence-corrected chi connectivity index (χ1v) is 4.89. The van der Waals surface area contributed by atoms with Crippen LogP contribution in [0.2, 0.25) is 0 Å². The molecule has 3 nitrogen and oxygen atoms in total. The molecule has 1 aromatic rings. The molecule has 1 atom stereocenters. The van der Waals surface area contributed by atoms with Crippen LogP contribution in [0.1, 0.15) is 22.9 Å². The van der Waals surface area contributed by atoms with Gasteiger partial charge in [-0.05, 0) is 23.9 Å². The van der Waals surface area contributed by atoms with Crippen LogP contribution in [-0.4, -0.2) is 13.1 Å². The smallest absolute Gasteiger partial charge is 0.307 e. The molecule has 0 saturated carbocycles. The number of aryl methyl sites for hydroxylation is 1. The van der Waals surface area contributed by atoms with Gasteiger partial charge in [0.15, 0.2) is 0 Å². The first-order valence-electron chi connectivity index (χ1n) is 4.01. The molecule has 13 heavy (non-hydrogen) atoms. The molecule has 1 aromatic heterocycles. The molecule has 4 heteroatoms. The minimum atomic E-state index is -0.267. The monoisotopic (exact) mass is 199 g/mol. The second-order valence-corrected chi connectivity index (χ2v) is 3.99. The summed E-state index contributed by atoms with van der Waals surface area (Å²) in [6, 6.07) is 1.76. The molecule has 0 aliphatic heterocycles. The molecule has 0 aromatic carbocycles. The number of esters is 1. The number of rotatable bonds is 3. The minimum Gasteiger partial charge on any atom is -0.469 e. The van der Waals surface area contributed by atoms with Crippen molar-refractivity contribution in [2.24, 2.45) is 5.73 Å². The number of carbonyl (C=O) groups is 1. The lowest BCUT2D eigenvalue weighted by atomic mass is 10.1. The van der Waals surface area contributed by atoms with Crippen molar-refractivity contribution in [1.29, 1.82) is 0 Å². The first kappa shape index (κ1) is 10.2. The van der Waals surface area contributed by atoms with Gasteiger partial charge < -0.3 is 10.5 Å². The van der Waals surface area contributed by atoms with E-state index in [1.54, 1.807) is 11.3 Å². The fraction of sp³-hybridized carbons (Fsp3) is 0.444. The molecule has 0 saturated heterocycles. The van der Waals surface area contributed by atoms with Gasteiger partial charge in [-0.2, -0.15) is 0 Å². The van der Waals surface area contributed by atoms with Gasteiger partial charge in [-0.3, -0.25) is 4.79 Å². The van der Waals surface area contributed by atoms with Crippen molar-refractivity contribution in [2.45, 2.75) is 19.4 Å². The molecular weight excluding hydrogens is 186 g/mol. The number of hydrogen-bond acceptors (Lipinski definition) is 4. The van der Waals surface area contributed by atoms with Gasteiger partial charge >= 0.3 is 5.97 Å². The topological polar surface area (TPSA) is 52.3 Å². The van der Waals surface area contributed by atoms with Gasteiger partial charge in [0.05, 0.1) is 13.5 Å². The number of methoxy groups -OCH3 is 1. The van der Waals surface area contributed by atoms with Crippen LogP contribution in [0.15, 0.2) is 11.4 Å². The van der Waals surface area contributed by atoms with Gasteiger partial charge in [-0.25, -0.2) is 0 Å². The van der Waals surface area contributed by atoms with E-state index in [1.807, 2.05) is 18.4 Å². The Morgan fingerprint density at radius 3 is 2.92 bits per heavy atom. The SMILES string of the molecule is COC(=O)CC(N)c1csc(C)c1. The lowest BCUT2D eigenvalue weighted by Gasteiger charge is -2.07. The Kier molecular flexibility index (Phi) is 3.45. The third kappa shape index (κ3) is 2.82. The highest BCUT2D eigenvalue weighted by Gasteiger charge is 2.12. The van der Waals surface area contributed by atoms with Crippen LogP contribution in [0.3, 0.4) is 0 Å². The Morgan fingerprint density at radius 1 is 1.77 bits per heavy atom. The van der Waals surface area contributed by atoms with Gasteiger partial charge in [0.1, 0.15) is 0 Å². The summed E-state index contributed by atoms with van der Waals surface area (Å²) in [4.78, 5) is 12.1. The summed E-state index contributed by atoms with van der Waals surface area (Å²) < 4.78 is 4.53. The molecule has 0 aliphatic rings. The largest absolute Gasteiger partial charge is 0.469 e. The fourth-order valence-corrected chi connectivity index (χ4v) is 1.81. The van der Waals surface area contributed by atoms with Crippen molar-refractivity contribution in [3.8, 4) is 0 Å². The van der Waals surface area contributed by atoms with Crippen LogP contribution in [0.5, 0.6) is 0 Å². The van der Waals surface area contributed by atoms with Crippen LogP contribution in [0, 0.1) is 6.92 Å². The Morgan fingerprint density at radius 2 is 2.46 bits per heavy atom. The zero-order valence-corrected chi connectivity index (χ0v) is 8.56. The first-order chi connectivity index (χ1) is 6.13. The van der Waals surface area contributed by atoms with Crippen molar-refractivity contribution >= 4 is 17.3 Å². The molecule has 0 spiro atoms. The summed E-state index contributed by atoms with van der Waals surface area (Å²) in [7, 11) is 1.37. The standard InChI is InChI=1S/C9H13NO2S/c1-6-3-7(5-13-6)8(10)4-9(11)12-2/h3,5,8H,4,10H2,1-2H3. The number of nitrogens with two attached hydrogens (primary N) is 1. The fourth-order valence-electron chi connectivity index (χ4n) is 1.04. The van der Waals surface area contributed by atoms with E-state index < -0.39 is 0 Å². The van der Waals surface area contributed by atoms with E-state index in [0.717, 1.165) is 5.56 Å². The molecule has 72 valence electrons. The maximum absolute atomic E-state index is 10.9. The lowest BCUT2D eigenvalue weighted by Crippen LogP contribution is -2.15. The normalized spacial score (nSPS) is 12.5. The van der Waals surface area contributed by atoms with E-state index in [1.165, 1.54) is 12.0 Å². The average molecular weight is 199 g/mol. The van der Waals surface area contributed by atoms with Crippen LogP contribution in [0.25, 0.3) is 0 Å². The number of carbonyl (C=O) groups excluding carboxylic acids is 1. The van der Waals surface area contributed by atoms with Crippen LogP contribution in [0.4, 0.5) is 0 Å². The molecule has 1 unspecified atom stereocenters. The third-order valence-corrected chi connectivity index (χ3v) is 2.67. The van der Waals surface area contributed by atoms with E-state index in [-0.39, 0.29) is 18.4 Å². The summed E-state index contributed by atoms with van der Waals surface area (Å²) in [5.41, 5.74) is 6.80. The van der Waals surface area contributed by atoms with E-state index in [4.69, 9.17) is 5.73 Å². The molecule has 0 aliphatic carbocycles. The quantitative estimate of drug-likeness (QED) is 0.752. The molecule has 0 fully saturated rings. The van der Waals surface area contributed by atoms with Crippen molar-refractivity contribution in [3.63, 3.8) is 0 Å². The Hall–Kier alpha value is -0.870. The summed E-state index contributed by atoms with van der Waals surface area (Å²) in [6.07, 6.45) is 0.243. The van der Waals surface area contributed by atoms with Gasteiger partial charge in [0.25, 0.3) is 0 Å². The summed E-state index contributed by atoms with van der Waals surface area (Å²) in [5, 5.41) is 1.98. The van der Waals surface area contributed by atoms with Gasteiger partial charge in [0, 0.05) is 10.9 Å². The van der Waals surface area contributed by atoms with Gasteiger partial charge in [-0.15, -0.1) is 11.3 Å². The lowest BCUT2D eigenvalue weighted by molar-refractivity contribution is -0.141. The van der Waals surface area contributed by atoms with Crippen LogP contribution in [-0.2, 0) is 9.53 Å². The maximum Gasteiger partial charge on any atom is 0.307 e. The number of thiophene rings is 1. The summed E-state index contributed by atoms with van der Waals surface area (Å²) >= 11 is 1.64. The molecule has 0 radical (unpaired) electrons. The highest BCUT2D eigenvalue weighted by Crippen LogP contribution is 2.20. The Bertz CT molecular complexity index is 296. The molecule has 0 bridgehead atoms. The number of ether oxygens (including phenoxy) is 1. The maximum atomic E-state index is 10.9. The van der Waals surface area contributed by atoms with E-state index in [0.29, 0.717) is 0 Å². The molecular formula is C9H13NO2S. The third-order valence-electron chi connectivity index (χ3n) is 1.79. The summed E-state index contributed by atoms with van der Waals surface area (Å²) in [6.45, 7) is 2.01. The van der Waals surface area contributed by atoms with E-state index >= 15 is 0 Å².